The van der Waals surface area contributed by atoms with Crippen molar-refractivity contribution in [2.24, 2.45) is 5.16 Å². The highest BCUT2D eigenvalue weighted by atomic mass is 79.9. The summed E-state index contributed by atoms with van der Waals surface area (Å²) in [5.74, 6) is -0.432. The minimum Gasteiger partial charge on any atom is -0.409 e. The summed E-state index contributed by atoms with van der Waals surface area (Å²) in [6.45, 7) is 0. The van der Waals surface area contributed by atoms with E-state index in [4.69, 9.17) is 4.63 Å². The van der Waals surface area contributed by atoms with Crippen LogP contribution in [0.1, 0.15) is 12.1 Å². The lowest BCUT2D eigenvalue weighted by atomic mass is 9.59. The standard InChI is InChI=1S/C13H17B4BrFN5O4S/c14-12(15)4-8(13(16,17)29(12,26)27)21-11-9(23-28-24-11)10(22-25)20-5-1-2-7(19)6(18)3-5/h1-3,8,25H,4,14-17H2,(H,20,22)(H,21,24). The normalized spacial score (nSPS) is 22.3. The third kappa shape index (κ3) is 3.67. The fraction of sp³-hybridized carbons (Fsp3) is 0.308. The van der Waals surface area contributed by atoms with E-state index in [-0.39, 0.29) is 21.8 Å². The molecular formula is C13H17B4BrFN5O4S. The highest BCUT2D eigenvalue weighted by Crippen LogP contribution is 2.39. The van der Waals surface area contributed by atoms with Crippen molar-refractivity contribution in [3.8, 4) is 0 Å². The Hall–Kier alpha value is -1.95. The zero-order chi connectivity index (χ0) is 21.6. The van der Waals surface area contributed by atoms with Crippen LogP contribution < -0.4 is 10.6 Å². The van der Waals surface area contributed by atoms with Crippen LogP contribution in [0.15, 0.2) is 32.5 Å². The van der Waals surface area contributed by atoms with Gasteiger partial charge in [-0.1, -0.05) is 5.16 Å². The van der Waals surface area contributed by atoms with Crippen molar-refractivity contribution in [3.63, 3.8) is 0 Å². The molecule has 1 fully saturated rings. The van der Waals surface area contributed by atoms with Gasteiger partial charge in [-0.2, -0.15) is 0 Å². The van der Waals surface area contributed by atoms with E-state index in [0.29, 0.717) is 12.1 Å². The summed E-state index contributed by atoms with van der Waals surface area (Å²) in [5.41, 5.74) is 0.468. The molecule has 0 radical (unpaired) electrons. The molecule has 0 spiro atoms. The number of hydrogen-bond donors (Lipinski definition) is 3. The molecule has 2 aromatic rings. The van der Waals surface area contributed by atoms with Gasteiger partial charge in [-0.25, -0.2) is 17.4 Å². The first-order valence-corrected chi connectivity index (χ1v) is 11.0. The van der Waals surface area contributed by atoms with Crippen LogP contribution in [-0.2, 0) is 9.84 Å². The van der Waals surface area contributed by atoms with Crippen molar-refractivity contribution in [1.82, 2.24) is 10.3 Å². The fourth-order valence-electron chi connectivity index (χ4n) is 3.42. The minimum absolute atomic E-state index is 0.0471. The average Bonchev–Trinajstić information content (AvgIpc) is 3.13. The Morgan fingerprint density at radius 3 is 2.59 bits per heavy atom. The number of oxime groups is 1. The molecule has 0 bridgehead atoms. The van der Waals surface area contributed by atoms with Crippen molar-refractivity contribution >= 4 is 74.5 Å². The average molecular weight is 482 g/mol. The smallest absolute Gasteiger partial charge is 0.203 e. The number of nitrogens with zero attached hydrogens (tertiary/aromatic N) is 3. The maximum absolute atomic E-state index is 13.4. The highest BCUT2D eigenvalue weighted by Gasteiger charge is 2.57. The first-order chi connectivity index (χ1) is 13.4. The summed E-state index contributed by atoms with van der Waals surface area (Å²) in [6, 6.07) is 3.65. The Morgan fingerprint density at radius 2 is 2.03 bits per heavy atom. The van der Waals surface area contributed by atoms with Crippen LogP contribution in [0.3, 0.4) is 0 Å². The molecule has 0 amide bonds. The van der Waals surface area contributed by atoms with Crippen LogP contribution in [0.2, 0.25) is 0 Å². The van der Waals surface area contributed by atoms with Gasteiger partial charge in [-0.15, -0.1) is 0 Å². The van der Waals surface area contributed by atoms with E-state index in [1.54, 1.807) is 31.4 Å². The Bertz CT molecular complexity index is 1080. The molecule has 0 saturated carbocycles. The molecule has 1 aliphatic heterocycles. The summed E-state index contributed by atoms with van der Waals surface area (Å²) in [7, 11) is 3.24. The molecule has 150 valence electrons. The Labute approximate surface area is 178 Å². The maximum atomic E-state index is 13.4. The predicted molar refractivity (Wildman–Crippen MR) is 121 cm³/mol. The number of rotatable bonds is 4. The van der Waals surface area contributed by atoms with Gasteiger partial charge in [-0.05, 0) is 50.9 Å². The van der Waals surface area contributed by atoms with Crippen molar-refractivity contribution in [2.45, 2.75) is 21.6 Å². The molecule has 3 rings (SSSR count). The molecule has 1 aliphatic rings. The molecule has 9 nitrogen and oxygen atoms in total. The number of benzene rings is 1. The zero-order valence-corrected chi connectivity index (χ0v) is 18.6. The molecule has 1 saturated heterocycles. The van der Waals surface area contributed by atoms with E-state index in [9.17, 15) is 18.0 Å². The Kier molecular flexibility index (Phi) is 5.54. The third-order valence-electron chi connectivity index (χ3n) is 5.26. The number of sulfone groups is 1. The molecule has 29 heavy (non-hydrogen) atoms. The monoisotopic (exact) mass is 481 g/mol. The number of anilines is 2. The Balaban J connectivity index is 1.88. The van der Waals surface area contributed by atoms with Crippen molar-refractivity contribution in [2.75, 3.05) is 10.6 Å². The van der Waals surface area contributed by atoms with E-state index in [1.165, 1.54) is 18.2 Å². The number of nitrogens with one attached hydrogen (secondary N) is 2. The lowest BCUT2D eigenvalue weighted by molar-refractivity contribution is 0.304. The van der Waals surface area contributed by atoms with E-state index < -0.39 is 30.8 Å². The summed E-state index contributed by atoms with van der Waals surface area (Å²) in [6.07, 6.45) is 0.346. The minimum atomic E-state index is -3.43. The van der Waals surface area contributed by atoms with Gasteiger partial charge in [-0.3, -0.25) is 0 Å². The van der Waals surface area contributed by atoms with Gasteiger partial charge in [0.15, 0.2) is 5.69 Å². The molecule has 0 aliphatic carbocycles. The zero-order valence-electron chi connectivity index (χ0n) is 16.2. The van der Waals surface area contributed by atoms with Gasteiger partial charge in [0, 0.05) is 20.8 Å². The predicted octanol–water partition coefficient (Wildman–Crippen LogP) is -2.34. The van der Waals surface area contributed by atoms with Crippen LogP contribution in [0.25, 0.3) is 0 Å². The summed E-state index contributed by atoms with van der Waals surface area (Å²) >= 11 is 3.08. The lowest BCUT2D eigenvalue weighted by Crippen LogP contribution is -2.51. The molecule has 1 unspecified atom stereocenters. The topological polar surface area (TPSA) is 130 Å². The maximum Gasteiger partial charge on any atom is 0.203 e. The molecule has 3 N–H and O–H groups in total. The van der Waals surface area contributed by atoms with Crippen LogP contribution in [0.5, 0.6) is 0 Å². The second-order valence-electron chi connectivity index (χ2n) is 7.93. The third-order valence-corrected chi connectivity index (χ3v) is 9.16. The van der Waals surface area contributed by atoms with E-state index in [2.05, 4.69) is 42.0 Å². The molecule has 1 aromatic carbocycles. The van der Waals surface area contributed by atoms with Crippen LogP contribution in [0.4, 0.5) is 15.9 Å². The lowest BCUT2D eigenvalue weighted by Gasteiger charge is -2.27. The SMILES string of the molecule is BC1(B)CC(Nc2nonc2/C(=N/O)Nc2ccc(F)c(Br)c2)C(B)(B)S1(=O)=O. The van der Waals surface area contributed by atoms with Crippen LogP contribution >= 0.6 is 15.9 Å². The summed E-state index contributed by atoms with van der Waals surface area (Å²) in [4.78, 5) is 0. The summed E-state index contributed by atoms with van der Waals surface area (Å²) in [5, 5.41) is 26.0. The molecule has 16 heteroatoms. The van der Waals surface area contributed by atoms with Gasteiger partial charge in [0.1, 0.15) is 47.0 Å². The largest absolute Gasteiger partial charge is 0.409 e. The van der Waals surface area contributed by atoms with Crippen molar-refractivity contribution in [3.05, 3.63) is 34.2 Å². The molecule has 2 heterocycles. The van der Waals surface area contributed by atoms with Gasteiger partial charge in [0.25, 0.3) is 0 Å². The van der Waals surface area contributed by atoms with E-state index in [1.807, 2.05) is 0 Å². The first-order valence-electron chi connectivity index (χ1n) is 8.68. The number of aromatic nitrogens is 2. The van der Waals surface area contributed by atoms with E-state index in [0.717, 1.165) is 0 Å². The highest BCUT2D eigenvalue weighted by molar-refractivity contribution is 9.10. The molecule has 1 aromatic heterocycles. The van der Waals surface area contributed by atoms with Crippen LogP contribution in [-0.4, -0.2) is 76.3 Å². The number of amidine groups is 1. The van der Waals surface area contributed by atoms with Crippen LogP contribution in [0, 0.1) is 5.82 Å². The number of halogens is 2. The second kappa shape index (κ2) is 7.38. The summed E-state index contributed by atoms with van der Waals surface area (Å²) < 4.78 is 42.1. The van der Waals surface area contributed by atoms with Gasteiger partial charge in [0.05, 0.1) is 4.47 Å². The van der Waals surface area contributed by atoms with E-state index >= 15 is 0 Å². The van der Waals surface area contributed by atoms with Gasteiger partial charge < -0.3 is 15.8 Å². The number of hydrogen-bond acceptors (Lipinski definition) is 8. The quantitative estimate of drug-likeness (QED) is 0.146. The van der Waals surface area contributed by atoms with Gasteiger partial charge >= 0.3 is 0 Å². The van der Waals surface area contributed by atoms with Gasteiger partial charge in [0.2, 0.25) is 11.7 Å². The second-order valence-corrected chi connectivity index (χ2v) is 12.0. The van der Waals surface area contributed by atoms with Crippen molar-refractivity contribution < 1.29 is 22.6 Å². The molecular weight excluding hydrogens is 464 g/mol. The van der Waals surface area contributed by atoms with Crippen molar-refractivity contribution in [1.29, 1.82) is 0 Å². The Morgan fingerprint density at radius 1 is 1.34 bits per heavy atom. The first kappa shape index (κ1) is 21.8. The fourth-order valence-corrected chi connectivity index (χ4v) is 6.12. The molecule has 1 atom stereocenters.